The molecule has 1 amide bonds. The number of rotatable bonds is 5. The van der Waals surface area contributed by atoms with Gasteiger partial charge in [-0.05, 0) is 70.9 Å². The van der Waals surface area contributed by atoms with Crippen LogP contribution in [0.4, 0.5) is 5.69 Å². The number of aromatic nitrogens is 1. The Bertz CT molecular complexity index is 1230. The lowest BCUT2D eigenvalue weighted by molar-refractivity contribution is -0.118. The monoisotopic (exact) mass is 564 g/mol. The van der Waals surface area contributed by atoms with Crippen molar-refractivity contribution in [2.45, 2.75) is 6.92 Å². The van der Waals surface area contributed by atoms with Gasteiger partial charge in [-0.25, -0.2) is 4.98 Å². The summed E-state index contributed by atoms with van der Waals surface area (Å²) in [6.07, 6.45) is 0. The van der Waals surface area contributed by atoms with E-state index in [0.29, 0.717) is 16.5 Å². The molecule has 0 radical (unpaired) electrons. The van der Waals surface area contributed by atoms with Crippen molar-refractivity contribution in [1.82, 2.24) is 4.98 Å². The Morgan fingerprint density at radius 3 is 2.73 bits per heavy atom. The van der Waals surface area contributed by atoms with Gasteiger partial charge < -0.3 is 10.1 Å². The molecule has 0 spiro atoms. The summed E-state index contributed by atoms with van der Waals surface area (Å²) in [7, 11) is 0. The van der Waals surface area contributed by atoms with Crippen molar-refractivity contribution >= 4 is 76.6 Å². The van der Waals surface area contributed by atoms with E-state index in [4.69, 9.17) is 21.3 Å². The van der Waals surface area contributed by atoms with Crippen molar-refractivity contribution in [2.24, 2.45) is 0 Å². The topological polar surface area (TPSA) is 51.2 Å². The van der Waals surface area contributed by atoms with Gasteiger partial charge in [0.05, 0.1) is 15.9 Å². The smallest absolute Gasteiger partial charge is 0.262 e. The number of carbonyl (C=O) groups excluding carboxylic acids is 1. The summed E-state index contributed by atoms with van der Waals surface area (Å²) < 4.78 is 8.35. The van der Waals surface area contributed by atoms with Crippen LogP contribution in [-0.2, 0) is 4.79 Å². The van der Waals surface area contributed by atoms with E-state index in [-0.39, 0.29) is 12.5 Å². The molecule has 0 aliphatic carbocycles. The summed E-state index contributed by atoms with van der Waals surface area (Å²) in [6, 6.07) is 17.1. The second-order valence-corrected chi connectivity index (χ2v) is 9.75. The van der Waals surface area contributed by atoms with Crippen molar-refractivity contribution in [1.29, 1.82) is 0 Å². The molecule has 0 fully saturated rings. The van der Waals surface area contributed by atoms with E-state index in [9.17, 15) is 4.79 Å². The second kappa shape index (κ2) is 9.06. The van der Waals surface area contributed by atoms with Gasteiger partial charge in [-0.3, -0.25) is 4.79 Å². The minimum Gasteiger partial charge on any atom is -0.484 e. The molecule has 0 atom stereocenters. The van der Waals surface area contributed by atoms with Crippen molar-refractivity contribution < 1.29 is 9.53 Å². The van der Waals surface area contributed by atoms with E-state index in [1.807, 2.05) is 43.3 Å². The van der Waals surface area contributed by atoms with Crippen LogP contribution in [0.5, 0.6) is 5.75 Å². The van der Waals surface area contributed by atoms with Crippen molar-refractivity contribution in [3.05, 3.63) is 74.1 Å². The number of para-hydroxylation sites is 1. The normalized spacial score (nSPS) is 10.9. The molecule has 4 rings (SSSR count). The first-order valence-corrected chi connectivity index (χ1v) is 11.7. The Morgan fingerprint density at radius 2 is 1.97 bits per heavy atom. The lowest BCUT2D eigenvalue weighted by atomic mass is 10.2. The molecule has 1 N–H and O–H groups in total. The minimum absolute atomic E-state index is 0.122. The number of aryl methyl sites for hydroxylation is 1. The number of nitrogens with zero attached hydrogens (tertiary/aromatic N) is 1. The molecule has 3 aromatic carbocycles. The zero-order chi connectivity index (χ0) is 21.3. The number of ether oxygens (including phenoxy) is 1. The van der Waals surface area contributed by atoms with Crippen LogP contribution in [0.2, 0.25) is 5.02 Å². The van der Waals surface area contributed by atoms with E-state index >= 15 is 0 Å². The van der Waals surface area contributed by atoms with Gasteiger partial charge in [0.25, 0.3) is 5.91 Å². The van der Waals surface area contributed by atoms with Gasteiger partial charge in [0.2, 0.25) is 0 Å². The minimum atomic E-state index is -0.270. The maximum atomic E-state index is 12.6. The molecular weight excluding hydrogens is 552 g/mol. The summed E-state index contributed by atoms with van der Waals surface area (Å²) in [5.74, 6) is 0.321. The maximum absolute atomic E-state index is 12.6. The number of fused-ring (bicyclic) bond motifs is 1. The van der Waals surface area contributed by atoms with Gasteiger partial charge in [0, 0.05) is 19.5 Å². The van der Waals surface area contributed by atoms with Crippen molar-refractivity contribution in [2.75, 3.05) is 11.9 Å². The molecule has 30 heavy (non-hydrogen) atoms. The zero-order valence-electron chi connectivity index (χ0n) is 15.7. The summed E-state index contributed by atoms with van der Waals surface area (Å²) in [5.41, 5.74) is 3.29. The molecular formula is C22H15Br2ClN2O2S. The Labute approximate surface area is 199 Å². The number of nitrogens with one attached hydrogen (secondary N) is 1. The lowest BCUT2D eigenvalue weighted by Gasteiger charge is -2.13. The highest BCUT2D eigenvalue weighted by Gasteiger charge is 2.17. The van der Waals surface area contributed by atoms with E-state index in [2.05, 4.69) is 37.2 Å². The first kappa shape index (κ1) is 21.3. The van der Waals surface area contributed by atoms with Crippen LogP contribution >= 0.6 is 54.8 Å². The Morgan fingerprint density at radius 1 is 1.17 bits per heavy atom. The van der Waals surface area contributed by atoms with Gasteiger partial charge in [0.15, 0.2) is 6.61 Å². The molecule has 0 unspecified atom stereocenters. The number of thiazole rings is 1. The molecule has 4 nitrogen and oxygen atoms in total. The van der Waals surface area contributed by atoms with E-state index in [1.54, 1.807) is 29.5 Å². The SMILES string of the molecule is Cc1cc(OCC(=O)Nc2c(Br)cc(Br)cc2-c2nc3ccccc3s2)ccc1Cl. The van der Waals surface area contributed by atoms with Crippen LogP contribution < -0.4 is 10.1 Å². The van der Waals surface area contributed by atoms with E-state index in [1.165, 1.54) is 0 Å². The summed E-state index contributed by atoms with van der Waals surface area (Å²) in [5, 5.41) is 4.43. The van der Waals surface area contributed by atoms with Gasteiger partial charge in [-0.2, -0.15) is 0 Å². The third kappa shape index (κ3) is 4.70. The van der Waals surface area contributed by atoms with Gasteiger partial charge in [0.1, 0.15) is 10.8 Å². The van der Waals surface area contributed by atoms with Gasteiger partial charge in [-0.15, -0.1) is 11.3 Å². The molecule has 1 heterocycles. The average Bonchev–Trinajstić information content (AvgIpc) is 3.15. The van der Waals surface area contributed by atoms with Crippen LogP contribution in [0.1, 0.15) is 5.56 Å². The third-order valence-corrected chi connectivity index (χ3v) is 6.92. The lowest BCUT2D eigenvalue weighted by Crippen LogP contribution is -2.21. The van der Waals surface area contributed by atoms with Crippen LogP contribution in [0, 0.1) is 6.92 Å². The second-order valence-electron chi connectivity index (χ2n) is 6.54. The van der Waals surface area contributed by atoms with Gasteiger partial charge >= 0.3 is 0 Å². The summed E-state index contributed by atoms with van der Waals surface area (Å²) >= 11 is 14.7. The highest BCUT2D eigenvalue weighted by atomic mass is 79.9. The summed E-state index contributed by atoms with van der Waals surface area (Å²) in [6.45, 7) is 1.77. The molecule has 152 valence electrons. The molecule has 0 saturated heterocycles. The van der Waals surface area contributed by atoms with Crippen LogP contribution in [0.25, 0.3) is 20.8 Å². The van der Waals surface area contributed by atoms with Crippen LogP contribution in [-0.4, -0.2) is 17.5 Å². The fourth-order valence-electron chi connectivity index (χ4n) is 2.89. The number of benzene rings is 3. The maximum Gasteiger partial charge on any atom is 0.262 e. The molecule has 0 saturated carbocycles. The fraction of sp³-hybridized carbons (Fsp3) is 0.0909. The number of carbonyl (C=O) groups is 1. The van der Waals surface area contributed by atoms with Gasteiger partial charge in [-0.1, -0.05) is 39.7 Å². The number of hydrogen-bond donors (Lipinski definition) is 1. The molecule has 8 heteroatoms. The highest BCUT2D eigenvalue weighted by Crippen LogP contribution is 2.40. The third-order valence-electron chi connectivity index (χ3n) is 4.34. The molecule has 0 aliphatic heterocycles. The Kier molecular flexibility index (Phi) is 6.43. The first-order chi connectivity index (χ1) is 14.4. The van der Waals surface area contributed by atoms with Crippen LogP contribution in [0.3, 0.4) is 0 Å². The summed E-state index contributed by atoms with van der Waals surface area (Å²) in [4.78, 5) is 17.3. The molecule has 4 aromatic rings. The quantitative estimate of drug-likeness (QED) is 0.273. The molecule has 1 aromatic heterocycles. The first-order valence-electron chi connectivity index (χ1n) is 8.94. The van der Waals surface area contributed by atoms with E-state index in [0.717, 1.165) is 35.3 Å². The predicted octanol–water partition coefficient (Wildman–Crippen LogP) is 7.47. The fourth-order valence-corrected chi connectivity index (χ4v) is 5.32. The van der Waals surface area contributed by atoms with Crippen molar-refractivity contribution in [3.8, 4) is 16.3 Å². The molecule has 0 aliphatic rings. The molecule has 0 bridgehead atoms. The zero-order valence-corrected chi connectivity index (χ0v) is 20.5. The number of amides is 1. The number of hydrogen-bond acceptors (Lipinski definition) is 4. The standard InChI is InChI=1S/C22H15Br2ClN2O2S/c1-12-8-14(6-7-17(12)25)29-11-20(28)27-21-15(9-13(23)10-16(21)24)22-26-18-4-2-3-5-19(18)30-22/h2-10H,11H2,1H3,(H,27,28). The largest absolute Gasteiger partial charge is 0.484 e. The highest BCUT2D eigenvalue weighted by molar-refractivity contribution is 9.11. The predicted molar refractivity (Wildman–Crippen MR) is 131 cm³/mol. The average molecular weight is 567 g/mol. The van der Waals surface area contributed by atoms with E-state index < -0.39 is 0 Å². The Balaban J connectivity index is 1.58. The Hall–Kier alpha value is -1.93. The van der Waals surface area contributed by atoms with Crippen molar-refractivity contribution in [3.63, 3.8) is 0 Å². The van der Waals surface area contributed by atoms with Crippen LogP contribution in [0.15, 0.2) is 63.5 Å². The number of halogens is 3. The number of anilines is 1.